The van der Waals surface area contributed by atoms with Gasteiger partial charge in [0.05, 0.1) is 11.5 Å². The van der Waals surface area contributed by atoms with E-state index in [1.165, 1.54) is 18.2 Å². The molecule has 2 N–H and O–H groups in total. The molecule has 0 heterocycles. The zero-order valence-corrected chi connectivity index (χ0v) is 11.4. The quantitative estimate of drug-likeness (QED) is 0.667. The van der Waals surface area contributed by atoms with Crippen molar-refractivity contribution < 1.29 is 14.8 Å². The van der Waals surface area contributed by atoms with Gasteiger partial charge in [0.1, 0.15) is 0 Å². The fourth-order valence-corrected chi connectivity index (χ4v) is 1.96. The first-order valence-electron chi connectivity index (χ1n) is 6.27. The second kappa shape index (κ2) is 6.15. The summed E-state index contributed by atoms with van der Waals surface area (Å²) in [6.07, 6.45) is 0. The summed E-state index contributed by atoms with van der Waals surface area (Å²) >= 11 is 0. The molecule has 0 bridgehead atoms. The third kappa shape index (κ3) is 3.43. The Kier molecular flexibility index (Phi) is 4.30. The van der Waals surface area contributed by atoms with Gasteiger partial charge in [-0.15, -0.1) is 0 Å². The normalized spacial score (nSPS) is 10.2. The molecule has 0 spiro atoms. The van der Waals surface area contributed by atoms with Gasteiger partial charge < -0.3 is 10.4 Å². The Morgan fingerprint density at radius 1 is 1.29 bits per heavy atom. The van der Waals surface area contributed by atoms with Gasteiger partial charge in [-0.3, -0.25) is 14.9 Å². The molecule has 0 unspecified atom stereocenters. The predicted octanol–water partition coefficient (Wildman–Crippen LogP) is 2.65. The van der Waals surface area contributed by atoms with Gasteiger partial charge in [0, 0.05) is 23.4 Å². The molecule has 21 heavy (non-hydrogen) atoms. The molecule has 108 valence electrons. The van der Waals surface area contributed by atoms with Crippen LogP contribution in [0.1, 0.15) is 21.5 Å². The van der Waals surface area contributed by atoms with E-state index in [-0.39, 0.29) is 18.2 Å². The van der Waals surface area contributed by atoms with Crippen LogP contribution in [-0.2, 0) is 6.61 Å². The zero-order valence-electron chi connectivity index (χ0n) is 11.4. The number of amides is 1. The predicted molar refractivity (Wildman–Crippen MR) is 78.2 cm³/mol. The van der Waals surface area contributed by atoms with Crippen molar-refractivity contribution in [2.45, 2.75) is 13.5 Å². The van der Waals surface area contributed by atoms with Gasteiger partial charge in [-0.25, -0.2) is 0 Å². The maximum absolute atomic E-state index is 12.2. The molecule has 0 aliphatic carbocycles. The van der Waals surface area contributed by atoms with Crippen LogP contribution < -0.4 is 5.32 Å². The van der Waals surface area contributed by atoms with Crippen molar-refractivity contribution in [2.75, 3.05) is 5.32 Å². The highest BCUT2D eigenvalue weighted by Crippen LogP contribution is 2.19. The average molecular weight is 286 g/mol. The van der Waals surface area contributed by atoms with Gasteiger partial charge in [0.15, 0.2) is 0 Å². The first kappa shape index (κ1) is 14.7. The molecule has 6 heteroatoms. The molecule has 0 radical (unpaired) electrons. The molecule has 6 nitrogen and oxygen atoms in total. The SMILES string of the molecule is Cc1cc([N+](=O)[O-])ccc1C(=O)Nc1cccc(CO)c1. The van der Waals surface area contributed by atoms with Crippen LogP contribution in [0.2, 0.25) is 0 Å². The third-order valence-corrected chi connectivity index (χ3v) is 3.03. The molecule has 2 aromatic carbocycles. The summed E-state index contributed by atoms with van der Waals surface area (Å²) in [7, 11) is 0. The Labute approximate surface area is 121 Å². The minimum Gasteiger partial charge on any atom is -0.392 e. The molecule has 1 amide bonds. The average Bonchev–Trinajstić information content (AvgIpc) is 2.47. The van der Waals surface area contributed by atoms with Crippen LogP contribution in [0.5, 0.6) is 0 Å². The van der Waals surface area contributed by atoms with Crippen LogP contribution in [-0.4, -0.2) is 15.9 Å². The summed E-state index contributed by atoms with van der Waals surface area (Å²) < 4.78 is 0. The fourth-order valence-electron chi connectivity index (χ4n) is 1.96. The van der Waals surface area contributed by atoms with Gasteiger partial charge in [0.25, 0.3) is 11.6 Å². The molecule has 2 rings (SSSR count). The monoisotopic (exact) mass is 286 g/mol. The van der Waals surface area contributed by atoms with Crippen molar-refractivity contribution in [1.82, 2.24) is 0 Å². The molecule has 0 fully saturated rings. The minimum atomic E-state index is -0.501. The molecule has 0 saturated heterocycles. The molecule has 0 saturated carbocycles. The van der Waals surface area contributed by atoms with E-state index in [1.54, 1.807) is 31.2 Å². The van der Waals surface area contributed by atoms with Crippen LogP contribution in [0.25, 0.3) is 0 Å². The largest absolute Gasteiger partial charge is 0.392 e. The lowest BCUT2D eigenvalue weighted by atomic mass is 10.1. The molecule has 0 aliphatic rings. The van der Waals surface area contributed by atoms with Gasteiger partial charge in [-0.05, 0) is 36.2 Å². The summed E-state index contributed by atoms with van der Waals surface area (Å²) in [5.41, 5.74) is 2.10. The first-order chi connectivity index (χ1) is 10.0. The number of nitrogens with one attached hydrogen (secondary N) is 1. The number of aliphatic hydroxyl groups is 1. The number of rotatable bonds is 4. The van der Waals surface area contributed by atoms with E-state index < -0.39 is 4.92 Å². The second-order valence-electron chi connectivity index (χ2n) is 4.57. The van der Waals surface area contributed by atoms with Gasteiger partial charge in [-0.1, -0.05) is 12.1 Å². The highest BCUT2D eigenvalue weighted by molar-refractivity contribution is 6.05. The number of aliphatic hydroxyl groups excluding tert-OH is 1. The van der Waals surface area contributed by atoms with Crippen LogP contribution >= 0.6 is 0 Å². The third-order valence-electron chi connectivity index (χ3n) is 3.03. The van der Waals surface area contributed by atoms with E-state index in [0.29, 0.717) is 22.4 Å². The second-order valence-corrected chi connectivity index (χ2v) is 4.57. The number of hydrogen-bond acceptors (Lipinski definition) is 4. The lowest BCUT2D eigenvalue weighted by molar-refractivity contribution is -0.384. The zero-order chi connectivity index (χ0) is 15.4. The number of nitro groups is 1. The molecular formula is C15H14N2O4. The Balaban J connectivity index is 2.22. The van der Waals surface area contributed by atoms with E-state index in [4.69, 9.17) is 5.11 Å². The van der Waals surface area contributed by atoms with Crippen molar-refractivity contribution in [3.63, 3.8) is 0 Å². The van der Waals surface area contributed by atoms with Crippen molar-refractivity contribution in [3.05, 3.63) is 69.3 Å². The van der Waals surface area contributed by atoms with E-state index in [0.717, 1.165) is 0 Å². The van der Waals surface area contributed by atoms with Crippen LogP contribution in [0.4, 0.5) is 11.4 Å². The van der Waals surface area contributed by atoms with Crippen molar-refractivity contribution in [2.24, 2.45) is 0 Å². The standard InChI is InChI=1S/C15H14N2O4/c1-10-7-13(17(20)21)5-6-14(10)15(19)16-12-4-2-3-11(8-12)9-18/h2-8,18H,9H2,1H3,(H,16,19). The topological polar surface area (TPSA) is 92.5 Å². The maximum atomic E-state index is 12.2. The van der Waals surface area contributed by atoms with E-state index >= 15 is 0 Å². The van der Waals surface area contributed by atoms with Crippen molar-refractivity contribution in [3.8, 4) is 0 Å². The summed E-state index contributed by atoms with van der Waals surface area (Å²) in [5, 5.41) is 22.4. The fraction of sp³-hybridized carbons (Fsp3) is 0.133. The summed E-state index contributed by atoms with van der Waals surface area (Å²) in [6.45, 7) is 1.53. The summed E-state index contributed by atoms with van der Waals surface area (Å²) in [6, 6.07) is 10.9. The molecule has 0 atom stereocenters. The summed E-state index contributed by atoms with van der Waals surface area (Å²) in [5.74, 6) is -0.350. The molecule has 2 aromatic rings. The van der Waals surface area contributed by atoms with Gasteiger partial charge >= 0.3 is 0 Å². The van der Waals surface area contributed by atoms with Crippen LogP contribution in [0.3, 0.4) is 0 Å². The maximum Gasteiger partial charge on any atom is 0.269 e. The Bertz CT molecular complexity index is 698. The van der Waals surface area contributed by atoms with E-state index in [2.05, 4.69) is 5.32 Å². The molecule has 0 aliphatic heterocycles. The van der Waals surface area contributed by atoms with E-state index in [1.807, 2.05) is 0 Å². The molecule has 0 aromatic heterocycles. The van der Waals surface area contributed by atoms with E-state index in [9.17, 15) is 14.9 Å². The van der Waals surface area contributed by atoms with Crippen molar-refractivity contribution in [1.29, 1.82) is 0 Å². The highest BCUT2D eigenvalue weighted by atomic mass is 16.6. The van der Waals surface area contributed by atoms with Crippen LogP contribution in [0.15, 0.2) is 42.5 Å². The van der Waals surface area contributed by atoms with Gasteiger partial charge in [0.2, 0.25) is 0 Å². The number of anilines is 1. The number of nitrogens with zero attached hydrogens (tertiary/aromatic N) is 1. The number of aryl methyl sites for hydroxylation is 1. The highest BCUT2D eigenvalue weighted by Gasteiger charge is 2.13. The number of benzene rings is 2. The van der Waals surface area contributed by atoms with Crippen LogP contribution in [0, 0.1) is 17.0 Å². The lowest BCUT2D eigenvalue weighted by Crippen LogP contribution is -2.13. The minimum absolute atomic E-state index is 0.0497. The number of carbonyl (C=O) groups excluding carboxylic acids is 1. The molecular weight excluding hydrogens is 272 g/mol. The smallest absolute Gasteiger partial charge is 0.269 e. The van der Waals surface area contributed by atoms with Crippen molar-refractivity contribution >= 4 is 17.3 Å². The summed E-state index contributed by atoms with van der Waals surface area (Å²) in [4.78, 5) is 22.3. The Morgan fingerprint density at radius 2 is 2.05 bits per heavy atom. The Hall–Kier alpha value is -2.73. The first-order valence-corrected chi connectivity index (χ1v) is 6.27. The number of non-ortho nitro benzene ring substituents is 1. The Morgan fingerprint density at radius 3 is 2.67 bits per heavy atom. The number of carbonyl (C=O) groups is 1. The lowest BCUT2D eigenvalue weighted by Gasteiger charge is -2.08. The van der Waals surface area contributed by atoms with Gasteiger partial charge in [-0.2, -0.15) is 0 Å². The number of nitro benzene ring substituents is 1. The number of hydrogen-bond donors (Lipinski definition) is 2.